The molecule has 1 aliphatic heterocycles. The van der Waals surface area contributed by atoms with Gasteiger partial charge in [0.1, 0.15) is 24.4 Å². The van der Waals surface area contributed by atoms with Gasteiger partial charge < -0.3 is 40.1 Å². The van der Waals surface area contributed by atoms with E-state index >= 15 is 0 Å². The van der Waals surface area contributed by atoms with Crippen molar-refractivity contribution < 1.29 is 95.5 Å². The molecule has 5 N–H and O–H groups in total. The number of hydrogen-bond donors (Lipinski definition) is 4. The average Bonchev–Trinajstić information content (AvgIpc) is 2.13. The number of ether oxygens (including phenoxy) is 5. The molecule has 6 aromatic rings. The average molecular weight is 1190 g/mol. The van der Waals surface area contributed by atoms with Gasteiger partial charge in [-0.2, -0.15) is 52.7 Å². The molecular weight excluding hydrogens is 1140 g/mol. The van der Waals surface area contributed by atoms with E-state index in [4.69, 9.17) is 29.4 Å². The van der Waals surface area contributed by atoms with Crippen LogP contribution in [-0.2, 0) is 82.3 Å². The summed E-state index contributed by atoms with van der Waals surface area (Å²) in [6.45, 7) is 1.25. The summed E-state index contributed by atoms with van der Waals surface area (Å²) in [6, 6.07) is 35.1. The van der Waals surface area contributed by atoms with E-state index in [1.54, 1.807) is 109 Å². The Morgan fingerprint density at radius 1 is 0.595 bits per heavy atom. The summed E-state index contributed by atoms with van der Waals surface area (Å²) in [5.74, 6) is -1.53. The van der Waals surface area contributed by atoms with Gasteiger partial charge in [-0.25, -0.2) is 14.4 Å². The van der Waals surface area contributed by atoms with E-state index in [2.05, 4.69) is 16.0 Å². The molecule has 3 amide bonds. The van der Waals surface area contributed by atoms with Crippen LogP contribution in [0.1, 0.15) is 88.1 Å². The second-order valence-corrected chi connectivity index (χ2v) is 19.1. The number of alkyl halides is 12. The number of benzene rings is 6. The predicted octanol–water partition coefficient (Wildman–Crippen LogP) is 13.2. The van der Waals surface area contributed by atoms with Crippen molar-refractivity contribution in [2.24, 2.45) is 5.73 Å². The smallest absolute Gasteiger partial charge is 0.416 e. The highest BCUT2D eigenvalue weighted by Crippen LogP contribution is 2.41. The number of nitrogens with one attached hydrogen (secondary N) is 3. The highest BCUT2D eigenvalue weighted by atomic mass is 19.4. The molecular formula is C59H54F12N4O9. The second-order valence-electron chi connectivity index (χ2n) is 19.1. The lowest BCUT2D eigenvalue weighted by Crippen LogP contribution is -2.49. The van der Waals surface area contributed by atoms with Crippen molar-refractivity contribution >= 4 is 24.1 Å². The van der Waals surface area contributed by atoms with Crippen LogP contribution >= 0.6 is 0 Å². The minimum atomic E-state index is -5.12. The van der Waals surface area contributed by atoms with Crippen molar-refractivity contribution in [3.8, 4) is 0 Å². The fraction of sp³-hybridized carbons (Fsp3) is 0.288. The van der Waals surface area contributed by atoms with Crippen LogP contribution in [0.3, 0.4) is 0 Å². The summed E-state index contributed by atoms with van der Waals surface area (Å²) in [6.07, 6.45) is -23.7. The third-order valence-corrected chi connectivity index (χ3v) is 13.0. The molecule has 0 radical (unpaired) electrons. The molecule has 6 aromatic carbocycles. The van der Waals surface area contributed by atoms with Gasteiger partial charge in [-0.1, -0.05) is 121 Å². The fourth-order valence-corrected chi connectivity index (χ4v) is 8.52. The molecule has 1 aliphatic rings. The first-order chi connectivity index (χ1) is 39.4. The molecule has 0 spiro atoms. The van der Waals surface area contributed by atoms with Crippen molar-refractivity contribution in [3.05, 3.63) is 225 Å². The molecule has 5 atom stereocenters. The van der Waals surface area contributed by atoms with Gasteiger partial charge in [-0.15, -0.1) is 0 Å². The minimum absolute atomic E-state index is 0.0112. The number of amides is 3. The number of esters is 1. The zero-order valence-corrected chi connectivity index (χ0v) is 44.6. The van der Waals surface area contributed by atoms with Crippen LogP contribution in [-0.4, -0.2) is 50.4 Å². The Balaban J connectivity index is 0.000000309. The van der Waals surface area contributed by atoms with Gasteiger partial charge in [0.05, 0.1) is 66.4 Å². The van der Waals surface area contributed by atoms with Gasteiger partial charge in [-0.05, 0) is 89.7 Å². The van der Waals surface area contributed by atoms with Crippen LogP contribution in [0.15, 0.2) is 169 Å². The third kappa shape index (κ3) is 17.8. The zero-order chi connectivity index (χ0) is 61.7. The lowest BCUT2D eigenvalue weighted by atomic mass is 9.88. The van der Waals surface area contributed by atoms with Crippen molar-refractivity contribution in [2.75, 3.05) is 20.3 Å². The molecule has 0 unspecified atom stereocenters. The Morgan fingerprint density at radius 2 is 1.00 bits per heavy atom. The summed E-state index contributed by atoms with van der Waals surface area (Å²) in [5, 5.41) is 7.67. The molecule has 1 saturated heterocycles. The number of nitrogens with two attached hydrogens (primary N) is 1. The van der Waals surface area contributed by atoms with Gasteiger partial charge in [0, 0.05) is 6.42 Å². The highest BCUT2D eigenvalue weighted by molar-refractivity contribution is 5.92. The standard InChI is InChI=1S/C38H34F6N2O7.C21H20F6N2O2/c1-25(28-18-30(37(39,40)41)20-31(19-28)38(42,43)44)53-24-36(29-16-10-5-11-17-29,46-35(49)52-23-27-14-8-4-9-15-27)21-32(33(47)50-2)45-34(48)51-22-26-12-6-3-7-13-26;1-12(13-7-15(20(22,23)24)9-16(8-13)21(25,26)27)31-11-19(10-17(28)18(30)29-19)14-5-3-2-4-6-14/h3-21,25H,22-24H2,1-2H3,(H,45,48)(H,46,49);2-9,12,17H,10-11,28H2,1H3,(H,29,30)/b32-21-;/t25-,36-;12-,17+,19-/m11/s1. The number of carbonyl (C=O) groups excluding carboxylic acids is 4. The molecule has 25 heteroatoms. The first-order valence-corrected chi connectivity index (χ1v) is 25.2. The molecule has 0 bridgehead atoms. The van der Waals surface area contributed by atoms with Gasteiger partial charge in [0.15, 0.2) is 0 Å². The Morgan fingerprint density at radius 3 is 1.40 bits per heavy atom. The molecule has 84 heavy (non-hydrogen) atoms. The third-order valence-electron chi connectivity index (χ3n) is 13.0. The fourth-order valence-electron chi connectivity index (χ4n) is 8.52. The zero-order valence-electron chi connectivity index (χ0n) is 44.6. The molecule has 1 fully saturated rings. The number of alkyl carbamates (subject to hydrolysis) is 2. The SMILES string of the molecule is COC(=O)/C(=C/[C@](CO[C@H](C)c1cc(C(F)(F)F)cc(C(F)(F)F)c1)(NC(=O)OCc1ccccc1)c1ccccc1)NC(=O)OCc1ccccc1.C[C@@H](OC[C@@]1(c2ccccc2)C[C@H](N)C(=O)N1)c1cc(C(F)(F)F)cc(C(F)(F)F)c1. The second kappa shape index (κ2) is 27.3. The van der Waals surface area contributed by atoms with Crippen LogP contribution in [0.25, 0.3) is 0 Å². The molecule has 1 heterocycles. The van der Waals surface area contributed by atoms with Crippen LogP contribution in [0.5, 0.6) is 0 Å². The summed E-state index contributed by atoms with van der Waals surface area (Å²) in [7, 11) is 1.02. The van der Waals surface area contributed by atoms with Crippen LogP contribution in [0.4, 0.5) is 62.3 Å². The largest absolute Gasteiger partial charge is 0.464 e. The van der Waals surface area contributed by atoms with E-state index < -0.39 is 118 Å². The molecule has 0 aliphatic carbocycles. The molecule has 448 valence electrons. The lowest BCUT2D eigenvalue weighted by Gasteiger charge is -2.34. The first kappa shape index (κ1) is 64.7. The van der Waals surface area contributed by atoms with Gasteiger partial charge >= 0.3 is 42.9 Å². The number of carbonyl (C=O) groups is 4. The van der Waals surface area contributed by atoms with E-state index in [-0.39, 0.29) is 49.5 Å². The number of halogens is 12. The Bertz CT molecular complexity index is 3160. The normalized spacial score (nSPS) is 17.1. The van der Waals surface area contributed by atoms with E-state index in [1.807, 2.05) is 0 Å². The van der Waals surface area contributed by atoms with Crippen LogP contribution in [0, 0.1) is 0 Å². The molecule has 13 nitrogen and oxygen atoms in total. The maximum Gasteiger partial charge on any atom is 0.416 e. The predicted molar refractivity (Wildman–Crippen MR) is 278 cm³/mol. The van der Waals surface area contributed by atoms with Crippen molar-refractivity contribution in [2.45, 2.75) is 87.5 Å². The number of hydrogen-bond acceptors (Lipinski definition) is 10. The van der Waals surface area contributed by atoms with E-state index in [1.165, 1.54) is 26.0 Å². The topological polar surface area (TPSA) is 177 Å². The quantitative estimate of drug-likeness (QED) is 0.0280. The molecule has 7 rings (SSSR count). The summed E-state index contributed by atoms with van der Waals surface area (Å²) in [5.41, 5.74) is -2.37. The molecule has 0 saturated carbocycles. The van der Waals surface area contributed by atoms with Gasteiger partial charge in [0.25, 0.3) is 0 Å². The maximum absolute atomic E-state index is 13.7. The van der Waals surface area contributed by atoms with Crippen molar-refractivity contribution in [3.63, 3.8) is 0 Å². The Hall–Kier alpha value is -8.42. The molecule has 0 aromatic heterocycles. The van der Waals surface area contributed by atoms with E-state index in [0.29, 0.717) is 41.0 Å². The van der Waals surface area contributed by atoms with Crippen LogP contribution < -0.4 is 21.7 Å². The summed E-state index contributed by atoms with van der Waals surface area (Å²) < 4.78 is 188. The lowest BCUT2D eigenvalue weighted by molar-refractivity contribution is -0.144. The van der Waals surface area contributed by atoms with Crippen molar-refractivity contribution in [1.29, 1.82) is 0 Å². The first-order valence-electron chi connectivity index (χ1n) is 25.2. The van der Waals surface area contributed by atoms with Crippen LogP contribution in [0.2, 0.25) is 0 Å². The van der Waals surface area contributed by atoms with Crippen molar-refractivity contribution in [1.82, 2.24) is 16.0 Å². The number of rotatable bonds is 18. The number of methoxy groups -OCH3 is 1. The van der Waals surface area contributed by atoms with Gasteiger partial charge in [-0.3, -0.25) is 10.1 Å². The van der Waals surface area contributed by atoms with E-state index in [9.17, 15) is 71.9 Å². The summed E-state index contributed by atoms with van der Waals surface area (Å²) in [4.78, 5) is 51.5. The van der Waals surface area contributed by atoms with Gasteiger partial charge in [0.2, 0.25) is 5.91 Å². The maximum atomic E-state index is 13.7. The highest BCUT2D eigenvalue weighted by Gasteiger charge is 2.45. The Kier molecular flexibility index (Phi) is 21.1. The monoisotopic (exact) mass is 1190 g/mol. The summed E-state index contributed by atoms with van der Waals surface area (Å²) >= 11 is 0. The minimum Gasteiger partial charge on any atom is -0.464 e. The Labute approximate surface area is 473 Å². The van der Waals surface area contributed by atoms with E-state index in [0.717, 1.165) is 13.2 Å².